The SMILES string of the molecule is Cc1cc(C#N)nc(-c2ccc(F)cc2Cl)n1. The lowest BCUT2D eigenvalue weighted by Crippen LogP contribution is -1.95. The van der Waals surface area contributed by atoms with Crippen LogP contribution in [0.1, 0.15) is 11.4 Å². The van der Waals surface area contributed by atoms with Gasteiger partial charge in [0.15, 0.2) is 5.82 Å². The van der Waals surface area contributed by atoms with Gasteiger partial charge in [-0.1, -0.05) is 11.6 Å². The highest BCUT2D eigenvalue weighted by Crippen LogP contribution is 2.26. The Balaban J connectivity index is 2.61. The number of nitriles is 1. The molecule has 1 heterocycles. The maximum absolute atomic E-state index is 12.9. The Bertz CT molecular complexity index is 620. The minimum atomic E-state index is -0.424. The third-order valence-electron chi connectivity index (χ3n) is 2.14. The van der Waals surface area contributed by atoms with Crippen LogP contribution in [0.2, 0.25) is 5.02 Å². The molecule has 1 aromatic heterocycles. The Morgan fingerprint density at radius 2 is 2.06 bits per heavy atom. The highest BCUT2D eigenvalue weighted by Gasteiger charge is 2.09. The lowest BCUT2D eigenvalue weighted by molar-refractivity contribution is 0.628. The molecule has 0 saturated carbocycles. The van der Waals surface area contributed by atoms with E-state index in [0.29, 0.717) is 17.1 Å². The van der Waals surface area contributed by atoms with Gasteiger partial charge in [0.1, 0.15) is 17.6 Å². The minimum absolute atomic E-state index is 0.222. The molecule has 0 spiro atoms. The molecule has 0 radical (unpaired) electrons. The van der Waals surface area contributed by atoms with Crippen LogP contribution in [0.25, 0.3) is 11.4 Å². The molecule has 0 aliphatic rings. The zero-order valence-corrected chi connectivity index (χ0v) is 9.66. The molecule has 0 bridgehead atoms. The van der Waals surface area contributed by atoms with Crippen LogP contribution in [0.15, 0.2) is 24.3 Å². The summed E-state index contributed by atoms with van der Waals surface area (Å²) in [5.41, 5.74) is 1.42. The summed E-state index contributed by atoms with van der Waals surface area (Å²) in [5, 5.41) is 9.04. The van der Waals surface area contributed by atoms with Crippen LogP contribution in [-0.2, 0) is 0 Å². The maximum Gasteiger partial charge on any atom is 0.162 e. The molecule has 1 aromatic carbocycles. The van der Waals surface area contributed by atoms with Crippen molar-refractivity contribution in [2.75, 3.05) is 0 Å². The Kier molecular flexibility index (Phi) is 3.03. The summed E-state index contributed by atoms with van der Waals surface area (Å²) >= 11 is 5.91. The van der Waals surface area contributed by atoms with Gasteiger partial charge in [0.2, 0.25) is 0 Å². The maximum atomic E-state index is 12.9. The number of hydrogen-bond donors (Lipinski definition) is 0. The molecule has 0 unspecified atom stereocenters. The van der Waals surface area contributed by atoms with Crippen molar-refractivity contribution >= 4 is 11.6 Å². The van der Waals surface area contributed by atoms with E-state index in [2.05, 4.69) is 9.97 Å². The van der Waals surface area contributed by atoms with E-state index in [4.69, 9.17) is 16.9 Å². The summed E-state index contributed by atoms with van der Waals surface area (Å²) in [7, 11) is 0. The van der Waals surface area contributed by atoms with Gasteiger partial charge in [0.25, 0.3) is 0 Å². The van der Waals surface area contributed by atoms with Crippen molar-refractivity contribution in [2.24, 2.45) is 0 Å². The van der Waals surface area contributed by atoms with E-state index in [1.807, 2.05) is 6.07 Å². The first-order valence-electron chi connectivity index (χ1n) is 4.81. The molecule has 0 aliphatic carbocycles. The Morgan fingerprint density at radius 1 is 1.29 bits per heavy atom. The van der Waals surface area contributed by atoms with Gasteiger partial charge in [-0.25, -0.2) is 14.4 Å². The quantitative estimate of drug-likeness (QED) is 0.778. The highest BCUT2D eigenvalue weighted by atomic mass is 35.5. The molecule has 0 amide bonds. The number of benzene rings is 1. The number of halogens is 2. The molecular weight excluding hydrogens is 241 g/mol. The zero-order valence-electron chi connectivity index (χ0n) is 8.91. The molecule has 0 atom stereocenters. The van der Waals surface area contributed by atoms with Crippen molar-refractivity contribution in [3.05, 3.63) is 46.5 Å². The second-order valence-corrected chi connectivity index (χ2v) is 3.86. The summed E-state index contributed by atoms with van der Waals surface area (Å²) in [4.78, 5) is 8.21. The second-order valence-electron chi connectivity index (χ2n) is 3.45. The molecular formula is C12H7ClFN3. The average Bonchev–Trinajstić information content (AvgIpc) is 2.28. The van der Waals surface area contributed by atoms with Crippen LogP contribution >= 0.6 is 11.6 Å². The second kappa shape index (κ2) is 4.48. The third-order valence-corrected chi connectivity index (χ3v) is 2.45. The van der Waals surface area contributed by atoms with Gasteiger partial charge in [0.05, 0.1) is 5.02 Å². The monoisotopic (exact) mass is 247 g/mol. The normalized spacial score (nSPS) is 10.0. The number of nitrogens with zero attached hydrogens (tertiary/aromatic N) is 3. The summed E-state index contributed by atoms with van der Waals surface area (Å²) in [5.74, 6) is -0.0986. The summed E-state index contributed by atoms with van der Waals surface area (Å²) in [6.07, 6.45) is 0. The van der Waals surface area contributed by atoms with Crippen molar-refractivity contribution in [1.82, 2.24) is 9.97 Å². The van der Waals surface area contributed by atoms with Crippen LogP contribution in [0, 0.1) is 24.1 Å². The molecule has 0 saturated heterocycles. The zero-order chi connectivity index (χ0) is 12.4. The van der Waals surface area contributed by atoms with Crippen LogP contribution < -0.4 is 0 Å². The summed E-state index contributed by atoms with van der Waals surface area (Å²) in [6.45, 7) is 1.75. The molecule has 84 valence electrons. The van der Waals surface area contributed by atoms with Gasteiger partial charge < -0.3 is 0 Å². The largest absolute Gasteiger partial charge is 0.233 e. The fourth-order valence-corrected chi connectivity index (χ4v) is 1.67. The molecule has 0 N–H and O–H groups in total. The lowest BCUT2D eigenvalue weighted by atomic mass is 10.2. The van der Waals surface area contributed by atoms with E-state index in [1.54, 1.807) is 13.0 Å². The summed E-state index contributed by atoms with van der Waals surface area (Å²) < 4.78 is 12.9. The van der Waals surface area contributed by atoms with Crippen LogP contribution in [0.5, 0.6) is 0 Å². The van der Waals surface area contributed by atoms with Gasteiger partial charge in [0, 0.05) is 11.3 Å². The van der Waals surface area contributed by atoms with Crippen molar-refractivity contribution in [3.8, 4) is 17.5 Å². The van der Waals surface area contributed by atoms with Crippen molar-refractivity contribution in [3.63, 3.8) is 0 Å². The van der Waals surface area contributed by atoms with Gasteiger partial charge in [-0.3, -0.25) is 0 Å². The first kappa shape index (κ1) is 11.5. The molecule has 2 rings (SSSR count). The van der Waals surface area contributed by atoms with Gasteiger partial charge >= 0.3 is 0 Å². The Hall–Kier alpha value is -1.99. The molecule has 0 fully saturated rings. The predicted octanol–water partition coefficient (Wildman–Crippen LogP) is 3.12. The van der Waals surface area contributed by atoms with Gasteiger partial charge in [-0.2, -0.15) is 5.26 Å². The number of aromatic nitrogens is 2. The topological polar surface area (TPSA) is 49.6 Å². The van der Waals surface area contributed by atoms with E-state index in [9.17, 15) is 4.39 Å². The van der Waals surface area contributed by atoms with Gasteiger partial charge in [-0.05, 0) is 31.2 Å². The van der Waals surface area contributed by atoms with E-state index in [-0.39, 0.29) is 10.7 Å². The van der Waals surface area contributed by atoms with Crippen molar-refractivity contribution in [1.29, 1.82) is 5.26 Å². The number of aryl methyl sites for hydroxylation is 1. The van der Waals surface area contributed by atoms with Crippen LogP contribution in [0.4, 0.5) is 4.39 Å². The van der Waals surface area contributed by atoms with E-state index >= 15 is 0 Å². The molecule has 3 nitrogen and oxygen atoms in total. The van der Waals surface area contributed by atoms with Crippen molar-refractivity contribution in [2.45, 2.75) is 6.92 Å². The average molecular weight is 248 g/mol. The summed E-state index contributed by atoms with van der Waals surface area (Å²) in [6, 6.07) is 7.47. The number of hydrogen-bond acceptors (Lipinski definition) is 3. The smallest absolute Gasteiger partial charge is 0.162 e. The van der Waals surface area contributed by atoms with E-state index in [1.165, 1.54) is 18.2 Å². The van der Waals surface area contributed by atoms with Crippen LogP contribution in [-0.4, -0.2) is 9.97 Å². The fourth-order valence-electron chi connectivity index (χ4n) is 1.42. The third kappa shape index (κ3) is 2.40. The van der Waals surface area contributed by atoms with E-state index < -0.39 is 5.82 Å². The molecule has 5 heteroatoms. The molecule has 0 aliphatic heterocycles. The Morgan fingerprint density at radius 3 is 2.71 bits per heavy atom. The first-order valence-corrected chi connectivity index (χ1v) is 5.19. The standard InChI is InChI=1S/C12H7ClFN3/c1-7-4-9(6-15)17-12(16-7)10-3-2-8(14)5-11(10)13/h2-5H,1H3. The number of rotatable bonds is 1. The van der Waals surface area contributed by atoms with Crippen LogP contribution in [0.3, 0.4) is 0 Å². The Labute approximate surface area is 103 Å². The minimum Gasteiger partial charge on any atom is -0.233 e. The van der Waals surface area contributed by atoms with E-state index in [0.717, 1.165) is 0 Å². The van der Waals surface area contributed by atoms with Gasteiger partial charge in [-0.15, -0.1) is 0 Å². The molecule has 17 heavy (non-hydrogen) atoms. The predicted molar refractivity (Wildman–Crippen MR) is 61.9 cm³/mol. The fraction of sp³-hybridized carbons (Fsp3) is 0.0833. The lowest BCUT2D eigenvalue weighted by Gasteiger charge is -2.04. The van der Waals surface area contributed by atoms with Crippen molar-refractivity contribution < 1.29 is 4.39 Å². The first-order chi connectivity index (χ1) is 8.10. The molecule has 2 aromatic rings. The highest BCUT2D eigenvalue weighted by molar-refractivity contribution is 6.33.